The number of rotatable bonds is 3. The van der Waals surface area contributed by atoms with E-state index in [-0.39, 0.29) is 5.69 Å². The molecular formula is C21H21F3N4OS. The number of benzene rings is 1. The molecule has 3 heterocycles. The van der Waals surface area contributed by atoms with Crippen molar-refractivity contribution in [2.75, 3.05) is 23.3 Å². The van der Waals surface area contributed by atoms with E-state index in [1.54, 1.807) is 0 Å². The molecular weight excluding hydrogens is 413 g/mol. The summed E-state index contributed by atoms with van der Waals surface area (Å²) in [5, 5.41) is 3.43. The fourth-order valence-electron chi connectivity index (χ4n) is 3.69. The average molecular weight is 434 g/mol. The fraction of sp³-hybridized carbons (Fsp3) is 0.381. The number of alkyl halides is 3. The van der Waals surface area contributed by atoms with Gasteiger partial charge in [-0.25, -0.2) is 9.97 Å². The van der Waals surface area contributed by atoms with Gasteiger partial charge < -0.3 is 10.2 Å². The van der Waals surface area contributed by atoms with Gasteiger partial charge in [-0.05, 0) is 49.4 Å². The van der Waals surface area contributed by atoms with Crippen molar-refractivity contribution in [1.82, 2.24) is 9.97 Å². The van der Waals surface area contributed by atoms with E-state index < -0.39 is 17.6 Å². The quantitative estimate of drug-likeness (QED) is 0.591. The second-order valence-electron chi connectivity index (χ2n) is 7.64. The van der Waals surface area contributed by atoms with Crippen LogP contribution in [0.5, 0.6) is 0 Å². The highest BCUT2D eigenvalue weighted by Gasteiger charge is 2.31. The molecule has 0 aliphatic carbocycles. The van der Waals surface area contributed by atoms with Gasteiger partial charge in [0.25, 0.3) is 5.91 Å². The van der Waals surface area contributed by atoms with Crippen LogP contribution >= 0.6 is 11.3 Å². The first-order valence-corrected chi connectivity index (χ1v) is 10.5. The normalized spacial score (nSPS) is 15.6. The SMILES string of the molecule is Cc1c(C(=O)Nc2cccc(C(F)(F)F)c2)sc2ncnc(N3CCC(C)CC3)c12. The number of nitrogens with one attached hydrogen (secondary N) is 1. The number of nitrogens with zero attached hydrogens (tertiary/aromatic N) is 3. The van der Waals surface area contributed by atoms with Gasteiger partial charge in [0, 0.05) is 18.8 Å². The topological polar surface area (TPSA) is 58.1 Å². The lowest BCUT2D eigenvalue weighted by molar-refractivity contribution is -0.137. The minimum absolute atomic E-state index is 0.100. The minimum atomic E-state index is -4.47. The van der Waals surface area contributed by atoms with Crippen molar-refractivity contribution in [3.05, 3.63) is 46.6 Å². The molecule has 1 N–H and O–H groups in total. The van der Waals surface area contributed by atoms with Gasteiger partial charge in [0.05, 0.1) is 15.8 Å². The van der Waals surface area contributed by atoms with Crippen LogP contribution in [0.1, 0.15) is 40.6 Å². The largest absolute Gasteiger partial charge is 0.416 e. The van der Waals surface area contributed by atoms with Crippen LogP contribution in [0, 0.1) is 12.8 Å². The monoisotopic (exact) mass is 434 g/mol. The van der Waals surface area contributed by atoms with E-state index in [0.29, 0.717) is 15.6 Å². The van der Waals surface area contributed by atoms with E-state index in [9.17, 15) is 18.0 Å². The van der Waals surface area contributed by atoms with Gasteiger partial charge >= 0.3 is 6.18 Å². The average Bonchev–Trinajstić information content (AvgIpc) is 3.05. The molecule has 1 aliphatic heterocycles. The summed E-state index contributed by atoms with van der Waals surface area (Å²) in [7, 11) is 0. The van der Waals surface area contributed by atoms with Gasteiger partial charge in [-0.1, -0.05) is 13.0 Å². The molecule has 1 fully saturated rings. The summed E-state index contributed by atoms with van der Waals surface area (Å²) in [6.45, 7) is 5.86. The van der Waals surface area contributed by atoms with Crippen molar-refractivity contribution in [2.45, 2.75) is 32.9 Å². The highest BCUT2D eigenvalue weighted by molar-refractivity contribution is 7.20. The fourth-order valence-corrected chi connectivity index (χ4v) is 4.73. The zero-order chi connectivity index (χ0) is 21.5. The van der Waals surface area contributed by atoms with Gasteiger partial charge in [-0.3, -0.25) is 4.79 Å². The van der Waals surface area contributed by atoms with Crippen LogP contribution in [-0.4, -0.2) is 29.0 Å². The maximum Gasteiger partial charge on any atom is 0.416 e. The summed E-state index contributed by atoms with van der Waals surface area (Å²) in [5.74, 6) is 1.04. The molecule has 3 aromatic rings. The summed E-state index contributed by atoms with van der Waals surface area (Å²) in [6.07, 6.45) is -0.806. The van der Waals surface area contributed by atoms with E-state index in [0.717, 1.165) is 54.8 Å². The highest BCUT2D eigenvalue weighted by Crippen LogP contribution is 2.37. The summed E-state index contributed by atoms with van der Waals surface area (Å²) in [4.78, 5) is 25.0. The highest BCUT2D eigenvalue weighted by atomic mass is 32.1. The van der Waals surface area contributed by atoms with Crippen LogP contribution in [0.3, 0.4) is 0 Å². The molecule has 0 bridgehead atoms. The molecule has 1 amide bonds. The summed E-state index contributed by atoms with van der Waals surface area (Å²) in [6, 6.07) is 4.62. The van der Waals surface area contributed by atoms with E-state index in [1.807, 2.05) is 6.92 Å². The number of aryl methyl sites for hydroxylation is 1. The Bertz CT molecular complexity index is 1090. The standard InChI is InChI=1S/C21H21F3N4OS/c1-12-6-8-28(9-7-12)18-16-13(2)17(30-20(16)26-11-25-18)19(29)27-15-5-3-4-14(10-15)21(22,23)24/h3-5,10-12H,6-9H2,1-2H3,(H,27,29). The molecule has 1 aromatic carbocycles. The van der Waals surface area contributed by atoms with Crippen molar-refractivity contribution in [3.63, 3.8) is 0 Å². The maximum absolute atomic E-state index is 12.9. The molecule has 30 heavy (non-hydrogen) atoms. The Hall–Kier alpha value is -2.68. The van der Waals surface area contributed by atoms with Gasteiger partial charge in [0.1, 0.15) is 17.0 Å². The molecule has 4 rings (SSSR count). The molecule has 1 aliphatic rings. The van der Waals surface area contributed by atoms with Gasteiger partial charge in [-0.2, -0.15) is 13.2 Å². The molecule has 2 aromatic heterocycles. The lowest BCUT2D eigenvalue weighted by atomic mass is 9.99. The molecule has 0 spiro atoms. The zero-order valence-electron chi connectivity index (χ0n) is 16.6. The van der Waals surface area contributed by atoms with Crippen LogP contribution in [0.15, 0.2) is 30.6 Å². The number of amides is 1. The van der Waals surface area contributed by atoms with Gasteiger partial charge in [0.2, 0.25) is 0 Å². The Balaban J connectivity index is 1.64. The van der Waals surface area contributed by atoms with Gasteiger partial charge in [-0.15, -0.1) is 11.3 Å². The molecule has 0 saturated carbocycles. The molecule has 1 saturated heterocycles. The molecule has 5 nitrogen and oxygen atoms in total. The number of thiophene rings is 1. The second-order valence-corrected chi connectivity index (χ2v) is 8.63. The molecule has 0 unspecified atom stereocenters. The summed E-state index contributed by atoms with van der Waals surface area (Å²) in [5.41, 5.74) is 0.0394. The molecule has 0 radical (unpaired) electrons. The second kappa shape index (κ2) is 7.86. The van der Waals surface area contributed by atoms with Crippen molar-refractivity contribution < 1.29 is 18.0 Å². The predicted molar refractivity (Wildman–Crippen MR) is 112 cm³/mol. The number of piperidine rings is 1. The smallest absolute Gasteiger partial charge is 0.356 e. The van der Waals surface area contributed by atoms with Crippen molar-refractivity contribution in [3.8, 4) is 0 Å². The zero-order valence-corrected chi connectivity index (χ0v) is 17.4. The lowest BCUT2D eigenvalue weighted by Gasteiger charge is -2.31. The van der Waals surface area contributed by atoms with Crippen LogP contribution in [0.2, 0.25) is 0 Å². The number of fused-ring (bicyclic) bond motifs is 1. The third-order valence-electron chi connectivity index (χ3n) is 5.44. The number of aromatic nitrogens is 2. The number of anilines is 2. The summed E-state index contributed by atoms with van der Waals surface area (Å²) >= 11 is 1.23. The van der Waals surface area contributed by atoms with Crippen molar-refractivity contribution >= 4 is 39.0 Å². The van der Waals surface area contributed by atoms with Crippen LogP contribution in [-0.2, 0) is 6.18 Å². The summed E-state index contributed by atoms with van der Waals surface area (Å²) < 4.78 is 38.8. The molecule has 9 heteroatoms. The first-order valence-electron chi connectivity index (χ1n) is 9.71. The van der Waals surface area contributed by atoms with E-state index in [4.69, 9.17) is 0 Å². The van der Waals surface area contributed by atoms with Crippen LogP contribution in [0.4, 0.5) is 24.7 Å². The minimum Gasteiger partial charge on any atom is -0.356 e. The van der Waals surface area contributed by atoms with Crippen LogP contribution < -0.4 is 10.2 Å². The third-order valence-corrected chi connectivity index (χ3v) is 6.64. The Morgan fingerprint density at radius 1 is 1.23 bits per heavy atom. The Kier molecular flexibility index (Phi) is 5.40. The number of carbonyl (C=O) groups excluding carboxylic acids is 1. The Morgan fingerprint density at radius 2 is 1.97 bits per heavy atom. The van der Waals surface area contributed by atoms with E-state index >= 15 is 0 Å². The van der Waals surface area contributed by atoms with E-state index in [2.05, 4.69) is 27.1 Å². The lowest BCUT2D eigenvalue weighted by Crippen LogP contribution is -2.33. The predicted octanol–water partition coefficient (Wildman–Crippen LogP) is 5.51. The Labute approximate surface area is 175 Å². The molecule has 158 valence electrons. The number of hydrogen-bond acceptors (Lipinski definition) is 5. The number of halogens is 3. The maximum atomic E-state index is 12.9. The van der Waals surface area contributed by atoms with Crippen molar-refractivity contribution in [2.24, 2.45) is 5.92 Å². The third kappa shape index (κ3) is 3.98. The van der Waals surface area contributed by atoms with Crippen molar-refractivity contribution in [1.29, 1.82) is 0 Å². The van der Waals surface area contributed by atoms with Crippen LogP contribution in [0.25, 0.3) is 10.2 Å². The van der Waals surface area contributed by atoms with E-state index in [1.165, 1.54) is 29.8 Å². The number of carbonyl (C=O) groups is 1. The Morgan fingerprint density at radius 3 is 2.67 bits per heavy atom. The number of hydrogen-bond donors (Lipinski definition) is 1. The first kappa shape index (κ1) is 20.6. The molecule has 0 atom stereocenters. The van der Waals surface area contributed by atoms with Gasteiger partial charge in [0.15, 0.2) is 0 Å². The first-order chi connectivity index (χ1) is 14.2.